The summed E-state index contributed by atoms with van der Waals surface area (Å²) < 4.78 is 176. The van der Waals surface area contributed by atoms with Gasteiger partial charge in [0.15, 0.2) is 17.5 Å². The minimum absolute atomic E-state index is 0.0382. The Labute approximate surface area is 555 Å². The van der Waals surface area contributed by atoms with Crippen LogP contribution in [0.4, 0.5) is 52.7 Å². The number of aromatic nitrogens is 9. The van der Waals surface area contributed by atoms with E-state index in [2.05, 4.69) is 44.9 Å². The first-order valence-corrected chi connectivity index (χ1v) is 31.2. The number of alkyl halides is 9. The molecule has 0 radical (unpaired) electrons. The van der Waals surface area contributed by atoms with Crippen molar-refractivity contribution in [3.63, 3.8) is 0 Å². The zero-order chi connectivity index (χ0) is 69.5. The van der Waals surface area contributed by atoms with E-state index in [4.69, 9.17) is 14.2 Å². The van der Waals surface area contributed by atoms with Crippen LogP contribution >= 0.6 is 0 Å². The Morgan fingerprint density at radius 1 is 0.384 bits per heavy atom. The smallest absolute Gasteiger partial charge is 0.417 e. The SMILES string of the molecule is O=C(c1c(F)cccc1-c1ncccn1)N1C2CCC1C(Oc1ccc(C(F)(F)F)cn1)C2.O=C(c1ccc(F)cc1-c1ncccn1)N1C2CCC1C(Oc1ccc(C(F)(F)F)cn1)C2.O=C(c1cccc(F)c1-c1ncccn1)N1C2CCC1C(Oc1ccc(C(F)(F)F)cn1)C2. The summed E-state index contributed by atoms with van der Waals surface area (Å²) in [6.45, 7) is 0. The number of pyridine rings is 3. The van der Waals surface area contributed by atoms with Crippen LogP contribution in [-0.4, -0.2) is 132 Å². The van der Waals surface area contributed by atoms with Crippen molar-refractivity contribution >= 4 is 17.7 Å². The Morgan fingerprint density at radius 2 is 0.768 bits per heavy atom. The first-order valence-electron chi connectivity index (χ1n) is 31.2. The Morgan fingerprint density at radius 3 is 1.18 bits per heavy atom. The third-order valence-electron chi connectivity index (χ3n) is 18.2. The van der Waals surface area contributed by atoms with Gasteiger partial charge >= 0.3 is 18.5 Å². The highest BCUT2D eigenvalue weighted by atomic mass is 19.4. The maximum Gasteiger partial charge on any atom is 0.417 e. The molecule has 18 nitrogen and oxygen atoms in total. The van der Waals surface area contributed by atoms with E-state index < -0.39 is 76.9 Å². The first kappa shape index (κ1) is 66.9. The second-order valence-electron chi connectivity index (χ2n) is 24.1. The molecule has 99 heavy (non-hydrogen) atoms. The van der Waals surface area contributed by atoms with Crippen molar-refractivity contribution in [3.8, 4) is 51.8 Å². The summed E-state index contributed by atoms with van der Waals surface area (Å²) in [5, 5.41) is 0. The highest BCUT2D eigenvalue weighted by Gasteiger charge is 2.54. The van der Waals surface area contributed by atoms with Crippen LogP contribution in [0.3, 0.4) is 0 Å². The van der Waals surface area contributed by atoms with E-state index in [9.17, 15) is 67.1 Å². The topological polar surface area (TPSA) is 205 Å². The van der Waals surface area contributed by atoms with E-state index in [0.29, 0.717) is 49.7 Å². The Bertz CT molecular complexity index is 4360. The lowest BCUT2D eigenvalue weighted by molar-refractivity contribution is -0.138. The number of carbonyl (C=O) groups excluding carboxylic acids is 3. The summed E-state index contributed by atoms with van der Waals surface area (Å²) in [7, 11) is 0. The van der Waals surface area contributed by atoms with Crippen LogP contribution in [0, 0.1) is 17.5 Å². The van der Waals surface area contributed by atoms with Gasteiger partial charge in [-0.25, -0.2) is 58.0 Å². The molecular weight excluding hydrogens is 1320 g/mol. The number of fused-ring (bicyclic) bond motifs is 6. The Kier molecular flexibility index (Phi) is 18.5. The average Bonchev–Trinajstić information content (AvgIpc) is 1.63. The summed E-state index contributed by atoms with van der Waals surface area (Å²) in [4.78, 5) is 81.7. The molecule has 6 fully saturated rings. The third kappa shape index (κ3) is 14.0. The van der Waals surface area contributed by atoms with Crippen molar-refractivity contribution in [3.05, 3.63) is 216 Å². The van der Waals surface area contributed by atoms with Gasteiger partial charge in [-0.1, -0.05) is 18.2 Å². The molecule has 9 aromatic rings. The van der Waals surface area contributed by atoms with Crippen molar-refractivity contribution in [2.45, 2.75) is 131 Å². The summed E-state index contributed by atoms with van der Waals surface area (Å²) in [5.41, 5.74) is -1.60. The van der Waals surface area contributed by atoms with Gasteiger partial charge in [0.2, 0.25) is 17.6 Å². The number of hydrogen-bond acceptors (Lipinski definition) is 15. The normalized spacial score (nSPS) is 21.9. The van der Waals surface area contributed by atoms with Crippen LogP contribution in [0.2, 0.25) is 0 Å². The van der Waals surface area contributed by atoms with Crippen LogP contribution in [0.25, 0.3) is 34.2 Å². The predicted octanol–water partition coefficient (Wildman–Crippen LogP) is 13.6. The van der Waals surface area contributed by atoms with Crippen LogP contribution in [0.5, 0.6) is 17.6 Å². The molecule has 6 bridgehead atoms. The van der Waals surface area contributed by atoms with Crippen molar-refractivity contribution in [1.29, 1.82) is 0 Å². The quantitative estimate of drug-likeness (QED) is 0.104. The van der Waals surface area contributed by atoms with E-state index in [1.165, 1.54) is 97.8 Å². The van der Waals surface area contributed by atoms with E-state index in [0.717, 1.165) is 56.1 Å². The lowest BCUT2D eigenvalue weighted by atomic mass is 9.98. The number of benzene rings is 3. The van der Waals surface area contributed by atoms with Crippen LogP contribution < -0.4 is 14.2 Å². The van der Waals surface area contributed by atoms with Crippen molar-refractivity contribution < 1.29 is 81.3 Å². The van der Waals surface area contributed by atoms with Gasteiger partial charge < -0.3 is 28.9 Å². The van der Waals surface area contributed by atoms with Crippen molar-refractivity contribution in [1.82, 2.24) is 59.6 Å². The van der Waals surface area contributed by atoms with Crippen LogP contribution in [-0.2, 0) is 18.5 Å². The van der Waals surface area contributed by atoms with Gasteiger partial charge in [0.05, 0.1) is 57.1 Å². The third-order valence-corrected chi connectivity index (χ3v) is 18.2. The molecule has 15 rings (SSSR count). The van der Waals surface area contributed by atoms with Crippen molar-refractivity contribution in [2.24, 2.45) is 0 Å². The minimum atomic E-state index is -4.49. The first-order chi connectivity index (χ1) is 47.5. The number of halogens is 12. The lowest BCUT2D eigenvalue weighted by Gasteiger charge is -2.25. The van der Waals surface area contributed by atoms with Crippen LogP contribution in [0.1, 0.15) is 106 Å². The maximum atomic E-state index is 14.9. The molecule has 6 saturated heterocycles. The zero-order valence-corrected chi connectivity index (χ0v) is 51.5. The van der Waals surface area contributed by atoms with Crippen molar-refractivity contribution in [2.75, 3.05) is 0 Å². The fraction of sp³-hybridized carbons (Fsp3) is 0.304. The van der Waals surface area contributed by atoms with Gasteiger partial charge in [0.1, 0.15) is 35.8 Å². The van der Waals surface area contributed by atoms with Gasteiger partial charge in [-0.15, -0.1) is 0 Å². The molecule has 3 aromatic carbocycles. The molecule has 0 spiro atoms. The summed E-state index contributed by atoms with van der Waals surface area (Å²) in [6.07, 6.45) is 2.36. The molecule has 0 N–H and O–H groups in total. The summed E-state index contributed by atoms with van der Waals surface area (Å²) in [6, 6.07) is 22.3. The van der Waals surface area contributed by atoms with Gasteiger partial charge in [-0.05, 0) is 111 Å². The maximum absolute atomic E-state index is 14.9. The average molecular weight is 1380 g/mol. The molecule has 510 valence electrons. The second kappa shape index (κ2) is 27.3. The fourth-order valence-corrected chi connectivity index (χ4v) is 13.9. The predicted molar refractivity (Wildman–Crippen MR) is 326 cm³/mol. The molecule has 3 amide bonds. The number of rotatable bonds is 12. The highest BCUT2D eigenvalue weighted by Crippen LogP contribution is 2.46. The van der Waals surface area contributed by atoms with E-state index in [-0.39, 0.29) is 105 Å². The lowest BCUT2D eigenvalue weighted by Crippen LogP contribution is -2.40. The van der Waals surface area contributed by atoms with Gasteiger partial charge in [-0.3, -0.25) is 14.4 Å². The van der Waals surface area contributed by atoms with Gasteiger partial charge in [0.25, 0.3) is 17.7 Å². The van der Waals surface area contributed by atoms with E-state index >= 15 is 0 Å². The fourth-order valence-electron chi connectivity index (χ4n) is 13.9. The molecule has 0 saturated carbocycles. The summed E-state index contributed by atoms with van der Waals surface area (Å²) in [5.74, 6) is -2.08. The molecule has 6 aromatic heterocycles. The molecule has 6 aliphatic heterocycles. The number of ether oxygens (including phenoxy) is 3. The highest BCUT2D eigenvalue weighted by molar-refractivity contribution is 6.02. The zero-order valence-electron chi connectivity index (χ0n) is 51.5. The number of nitrogens with zero attached hydrogens (tertiary/aromatic N) is 12. The van der Waals surface area contributed by atoms with E-state index in [1.54, 1.807) is 45.0 Å². The molecule has 6 aliphatic rings. The van der Waals surface area contributed by atoms with Gasteiger partial charge in [-0.2, -0.15) is 39.5 Å². The largest absolute Gasteiger partial charge is 0.472 e. The Balaban J connectivity index is 0.000000133. The molecule has 9 atom stereocenters. The van der Waals surface area contributed by atoms with E-state index in [1.807, 2.05) is 0 Å². The monoisotopic (exact) mass is 1370 g/mol. The molecule has 12 heterocycles. The molecule has 9 unspecified atom stereocenters. The molecule has 30 heteroatoms. The van der Waals surface area contributed by atoms with Gasteiger partial charge in [0, 0.05) is 122 Å². The number of amides is 3. The number of hydrogen-bond donors (Lipinski definition) is 0. The number of carbonyl (C=O) groups is 3. The second-order valence-corrected chi connectivity index (χ2v) is 24.1. The molecule has 0 aliphatic carbocycles. The molecular formula is C69H54F12N12O6. The minimum Gasteiger partial charge on any atom is -0.472 e. The van der Waals surface area contributed by atoms with Crippen LogP contribution in [0.15, 0.2) is 165 Å². The standard InChI is InChI=1S/3C23H18F4N4O2/c24-14-3-5-16(17(10-14)21-28-8-1-9-29-21)22(32)31-15-4-6-18(31)19(11-15)33-20-7-2-13(12-30-20)23(25,26)27;24-16-4-1-3-15(20(16)21-28-9-2-10-29-21)22(32)31-14-6-7-17(31)18(11-14)33-19-8-5-13(12-30-19)23(25,26)27;24-16-4-1-3-15(21-28-9-2-10-29-21)20(16)22(32)31-14-6-7-17(31)18(11-14)33-19-8-5-13(12-30-19)23(25,26)27/h1-3,5,7-10,12,15,18-19H,4,6,11H2;2*1-5,8-10,12,14,17-18H,6-7,11H2. The summed E-state index contributed by atoms with van der Waals surface area (Å²) >= 11 is 0. The Hall–Kier alpha value is -10.7.